The van der Waals surface area contributed by atoms with Crippen LogP contribution in [0.1, 0.15) is 29.4 Å². The summed E-state index contributed by atoms with van der Waals surface area (Å²) in [5.41, 5.74) is 8.17. The van der Waals surface area contributed by atoms with Crippen LogP contribution in [0.15, 0.2) is 58.3 Å². The van der Waals surface area contributed by atoms with Crippen molar-refractivity contribution in [2.75, 3.05) is 6.54 Å². The molecule has 1 aromatic heterocycles. The summed E-state index contributed by atoms with van der Waals surface area (Å²) in [6.45, 7) is 3.95. The summed E-state index contributed by atoms with van der Waals surface area (Å²) in [5.74, 6) is -0.435. The van der Waals surface area contributed by atoms with E-state index < -0.39 is 5.91 Å². The molecule has 0 saturated carbocycles. The number of nitrogens with two attached hydrogens (primary N) is 1. The minimum atomic E-state index is -0.435. The van der Waals surface area contributed by atoms with Crippen LogP contribution in [-0.4, -0.2) is 17.4 Å². The van der Waals surface area contributed by atoms with Crippen LogP contribution in [0.4, 0.5) is 0 Å². The van der Waals surface area contributed by atoms with Crippen LogP contribution in [0.5, 0.6) is 0 Å². The van der Waals surface area contributed by atoms with E-state index in [1.54, 1.807) is 11.8 Å². The molecule has 3 aromatic rings. The highest BCUT2D eigenvalue weighted by molar-refractivity contribution is 7.99. The Kier molecular flexibility index (Phi) is 6.93. The number of benzene rings is 2. The molecule has 0 aliphatic rings. The molecule has 0 fully saturated rings. The first-order valence-electron chi connectivity index (χ1n) is 8.07. The van der Waals surface area contributed by atoms with Crippen molar-refractivity contribution in [2.45, 2.75) is 29.7 Å². The maximum atomic E-state index is 11.8. The summed E-state index contributed by atoms with van der Waals surface area (Å²) < 4.78 is 0. The maximum absolute atomic E-state index is 11.8. The molecular weight excluding hydrogens is 354 g/mol. The third kappa shape index (κ3) is 4.57. The molecule has 132 valence electrons. The molecule has 25 heavy (non-hydrogen) atoms. The topological polar surface area (TPSA) is 70.9 Å². The van der Waals surface area contributed by atoms with E-state index in [1.165, 1.54) is 5.56 Å². The first-order chi connectivity index (χ1) is 11.7. The van der Waals surface area contributed by atoms with Gasteiger partial charge in [-0.05, 0) is 42.8 Å². The zero-order valence-corrected chi connectivity index (χ0v) is 15.7. The maximum Gasteiger partial charge on any atom is 0.266 e. The molecule has 0 atom stereocenters. The number of fused-ring (bicyclic) bond motifs is 1. The second kappa shape index (κ2) is 8.94. The Hall–Kier alpha value is -1.95. The third-order valence-electron chi connectivity index (χ3n) is 3.78. The van der Waals surface area contributed by atoms with Gasteiger partial charge in [0.05, 0.1) is 4.90 Å². The number of aromatic amines is 1. The summed E-state index contributed by atoms with van der Waals surface area (Å²) in [4.78, 5) is 17.0. The first-order valence-corrected chi connectivity index (χ1v) is 8.88. The molecule has 0 saturated heterocycles. The fourth-order valence-electron chi connectivity index (χ4n) is 2.62. The Morgan fingerprint density at radius 2 is 1.96 bits per heavy atom. The molecule has 3 rings (SSSR count). The fraction of sp³-hybridized carbons (Fsp3) is 0.211. The lowest BCUT2D eigenvalue weighted by Crippen LogP contribution is -2.13. The molecule has 0 aliphatic carbocycles. The van der Waals surface area contributed by atoms with Gasteiger partial charge >= 0.3 is 0 Å². The molecule has 0 radical (unpaired) electrons. The predicted molar refractivity (Wildman–Crippen MR) is 107 cm³/mol. The minimum Gasteiger partial charge on any atom is -0.364 e. The highest BCUT2D eigenvalue weighted by Crippen LogP contribution is 2.36. The summed E-state index contributed by atoms with van der Waals surface area (Å²) in [7, 11) is 0. The van der Waals surface area contributed by atoms with Gasteiger partial charge < -0.3 is 16.0 Å². The van der Waals surface area contributed by atoms with Gasteiger partial charge in [0.25, 0.3) is 5.91 Å². The van der Waals surface area contributed by atoms with E-state index in [4.69, 9.17) is 5.73 Å². The SMILES string of the molecule is CCCNCc1ccc2[nH]c(C(N)=O)c(Sc3ccccc3)c2c1.Cl. The largest absolute Gasteiger partial charge is 0.364 e. The number of carbonyl (C=O) groups excluding carboxylic acids is 1. The highest BCUT2D eigenvalue weighted by atomic mass is 35.5. The molecule has 4 nitrogen and oxygen atoms in total. The monoisotopic (exact) mass is 375 g/mol. The van der Waals surface area contributed by atoms with Crippen LogP contribution >= 0.6 is 24.2 Å². The van der Waals surface area contributed by atoms with Crippen molar-refractivity contribution in [1.82, 2.24) is 10.3 Å². The van der Waals surface area contributed by atoms with Gasteiger partial charge in [0.1, 0.15) is 5.69 Å². The second-order valence-corrected chi connectivity index (χ2v) is 6.75. The van der Waals surface area contributed by atoms with Gasteiger partial charge in [0, 0.05) is 22.3 Å². The number of nitrogens with one attached hydrogen (secondary N) is 2. The Bertz CT molecular complexity index is 849. The van der Waals surface area contributed by atoms with Gasteiger partial charge in [-0.25, -0.2) is 0 Å². The average molecular weight is 376 g/mol. The fourth-order valence-corrected chi connectivity index (χ4v) is 3.68. The molecule has 2 aromatic carbocycles. The Labute approximate surface area is 158 Å². The van der Waals surface area contributed by atoms with Crippen molar-refractivity contribution in [2.24, 2.45) is 5.73 Å². The molecular formula is C19H22ClN3OS. The van der Waals surface area contributed by atoms with Gasteiger partial charge in [-0.3, -0.25) is 4.79 Å². The smallest absolute Gasteiger partial charge is 0.266 e. The van der Waals surface area contributed by atoms with Gasteiger partial charge in [0.2, 0.25) is 0 Å². The van der Waals surface area contributed by atoms with E-state index in [9.17, 15) is 4.79 Å². The lowest BCUT2D eigenvalue weighted by atomic mass is 10.1. The number of H-pyrrole nitrogens is 1. The van der Waals surface area contributed by atoms with Crippen molar-refractivity contribution < 1.29 is 4.79 Å². The third-order valence-corrected chi connectivity index (χ3v) is 4.92. The lowest BCUT2D eigenvalue weighted by molar-refractivity contribution is 0.0993. The Morgan fingerprint density at radius 3 is 2.64 bits per heavy atom. The van der Waals surface area contributed by atoms with E-state index >= 15 is 0 Å². The van der Waals surface area contributed by atoms with E-state index in [0.29, 0.717) is 5.69 Å². The molecule has 6 heteroatoms. The molecule has 0 bridgehead atoms. The van der Waals surface area contributed by atoms with Crippen molar-refractivity contribution in [1.29, 1.82) is 0 Å². The van der Waals surface area contributed by atoms with Crippen LogP contribution < -0.4 is 11.1 Å². The van der Waals surface area contributed by atoms with Gasteiger partial charge in [-0.1, -0.05) is 43.0 Å². The number of carbonyl (C=O) groups is 1. The quantitative estimate of drug-likeness (QED) is 0.538. The lowest BCUT2D eigenvalue weighted by Gasteiger charge is -2.05. The average Bonchev–Trinajstić information content (AvgIpc) is 2.94. The number of primary amides is 1. The van der Waals surface area contributed by atoms with Crippen LogP contribution in [0.25, 0.3) is 10.9 Å². The highest BCUT2D eigenvalue weighted by Gasteiger charge is 2.17. The Morgan fingerprint density at radius 1 is 1.20 bits per heavy atom. The Balaban J connectivity index is 0.00000225. The number of rotatable bonds is 7. The summed E-state index contributed by atoms with van der Waals surface area (Å²) >= 11 is 1.56. The second-order valence-electron chi connectivity index (χ2n) is 5.67. The standard InChI is InChI=1S/C19H21N3OS.ClH/c1-2-10-21-12-13-8-9-16-15(11-13)18(17(22-16)19(20)23)24-14-6-4-3-5-7-14;/h3-9,11,21-22H,2,10,12H2,1H3,(H2,20,23);1H. The van der Waals surface area contributed by atoms with Crippen LogP contribution in [-0.2, 0) is 6.54 Å². The zero-order chi connectivity index (χ0) is 16.9. The van der Waals surface area contributed by atoms with Gasteiger partial charge in [0.15, 0.2) is 0 Å². The van der Waals surface area contributed by atoms with E-state index in [-0.39, 0.29) is 12.4 Å². The van der Waals surface area contributed by atoms with Crippen LogP contribution in [0, 0.1) is 0 Å². The van der Waals surface area contributed by atoms with Crippen molar-refractivity contribution in [3.63, 3.8) is 0 Å². The molecule has 0 aliphatic heterocycles. The molecule has 1 amide bonds. The summed E-state index contributed by atoms with van der Waals surface area (Å²) in [6, 6.07) is 16.2. The number of amides is 1. The van der Waals surface area contributed by atoms with Gasteiger partial charge in [-0.15, -0.1) is 12.4 Å². The van der Waals surface area contributed by atoms with Crippen molar-refractivity contribution in [3.05, 3.63) is 59.8 Å². The van der Waals surface area contributed by atoms with Gasteiger partial charge in [-0.2, -0.15) is 0 Å². The minimum absolute atomic E-state index is 0. The predicted octanol–water partition coefficient (Wildman–Crippen LogP) is 4.34. The van der Waals surface area contributed by atoms with E-state index in [0.717, 1.165) is 40.2 Å². The van der Waals surface area contributed by atoms with E-state index in [1.807, 2.05) is 36.4 Å². The molecule has 0 spiro atoms. The normalized spacial score (nSPS) is 10.6. The van der Waals surface area contributed by atoms with Crippen LogP contribution in [0.2, 0.25) is 0 Å². The number of aromatic nitrogens is 1. The van der Waals surface area contributed by atoms with Crippen LogP contribution in [0.3, 0.4) is 0 Å². The molecule has 4 N–H and O–H groups in total. The van der Waals surface area contributed by atoms with Crippen molar-refractivity contribution in [3.8, 4) is 0 Å². The number of hydrogen-bond donors (Lipinski definition) is 3. The summed E-state index contributed by atoms with van der Waals surface area (Å²) in [5, 5.41) is 4.44. The first kappa shape index (κ1) is 19.4. The summed E-state index contributed by atoms with van der Waals surface area (Å²) in [6.07, 6.45) is 1.10. The number of halogens is 1. The number of hydrogen-bond acceptors (Lipinski definition) is 3. The molecule has 1 heterocycles. The van der Waals surface area contributed by atoms with E-state index in [2.05, 4.69) is 29.4 Å². The zero-order valence-electron chi connectivity index (χ0n) is 14.0. The van der Waals surface area contributed by atoms with Crippen molar-refractivity contribution >= 4 is 41.0 Å². The molecule has 0 unspecified atom stereocenters.